The van der Waals surface area contributed by atoms with Gasteiger partial charge in [0.1, 0.15) is 17.2 Å². The van der Waals surface area contributed by atoms with Crippen molar-refractivity contribution in [3.63, 3.8) is 0 Å². The highest BCUT2D eigenvalue weighted by atomic mass is 32.2. The van der Waals surface area contributed by atoms with Gasteiger partial charge in [-0.15, -0.1) is 0 Å². The molecule has 280 valence electrons. The fourth-order valence-corrected chi connectivity index (χ4v) is 8.80. The minimum atomic E-state index is -4.56. The number of nitrogens with one attached hydrogen (secondary N) is 3. The second kappa shape index (κ2) is 14.8. The average Bonchev–Trinajstić information content (AvgIpc) is 3.41. The van der Waals surface area contributed by atoms with Crippen LogP contribution in [0.1, 0.15) is 36.8 Å². The molecule has 3 heterocycles. The number of thioether (sulfide) groups is 1. The zero-order valence-corrected chi connectivity index (χ0v) is 30.8. The summed E-state index contributed by atoms with van der Waals surface area (Å²) in [5.74, 6) is -2.75. The van der Waals surface area contributed by atoms with Gasteiger partial charge < -0.3 is 5.32 Å². The Labute approximate surface area is 313 Å². The van der Waals surface area contributed by atoms with E-state index in [1.807, 2.05) is 0 Å². The van der Waals surface area contributed by atoms with Crippen LogP contribution in [-0.4, -0.2) is 49.8 Å². The number of alkyl halides is 3. The molecular formula is C36H31F3N6O6S3. The van der Waals surface area contributed by atoms with Gasteiger partial charge in [0.25, 0.3) is 26.0 Å². The summed E-state index contributed by atoms with van der Waals surface area (Å²) < 4.78 is 96.5. The number of sulfonamides is 2. The summed E-state index contributed by atoms with van der Waals surface area (Å²) in [5, 5.41) is 2.84. The van der Waals surface area contributed by atoms with Crippen LogP contribution >= 0.6 is 11.8 Å². The number of hydrogen-bond acceptors (Lipinski definition) is 9. The van der Waals surface area contributed by atoms with E-state index in [4.69, 9.17) is 0 Å². The lowest BCUT2D eigenvalue weighted by Crippen LogP contribution is -2.55. The van der Waals surface area contributed by atoms with Gasteiger partial charge in [-0.2, -0.15) is 13.2 Å². The number of halogens is 3. The van der Waals surface area contributed by atoms with Gasteiger partial charge in [0.05, 0.1) is 15.5 Å². The molecule has 0 aliphatic carbocycles. The number of rotatable bonds is 12. The maximum absolute atomic E-state index is 14.8. The minimum Gasteiger partial charge on any atom is -0.322 e. The van der Waals surface area contributed by atoms with Crippen molar-refractivity contribution in [3.05, 3.63) is 133 Å². The van der Waals surface area contributed by atoms with E-state index in [1.165, 1.54) is 60.9 Å². The van der Waals surface area contributed by atoms with Crippen molar-refractivity contribution in [2.75, 3.05) is 14.3 Å². The van der Waals surface area contributed by atoms with E-state index in [0.29, 0.717) is 11.1 Å². The van der Waals surface area contributed by atoms with E-state index in [1.54, 1.807) is 62.4 Å². The number of urea groups is 1. The van der Waals surface area contributed by atoms with Crippen molar-refractivity contribution in [1.29, 1.82) is 0 Å². The first-order chi connectivity index (χ1) is 25.5. The molecule has 0 radical (unpaired) electrons. The number of amides is 3. The summed E-state index contributed by atoms with van der Waals surface area (Å²) in [5.41, 5.74) is -5.62. The molecule has 0 bridgehead atoms. The van der Waals surface area contributed by atoms with Crippen molar-refractivity contribution < 1.29 is 39.6 Å². The van der Waals surface area contributed by atoms with Crippen molar-refractivity contribution in [2.24, 2.45) is 0 Å². The molecule has 1 aliphatic heterocycles. The van der Waals surface area contributed by atoms with Crippen molar-refractivity contribution >= 4 is 61.1 Å². The van der Waals surface area contributed by atoms with Crippen molar-refractivity contribution in [1.82, 2.24) is 15.3 Å². The number of pyridine rings is 2. The van der Waals surface area contributed by atoms with Crippen LogP contribution in [0.25, 0.3) is 0 Å². The van der Waals surface area contributed by atoms with Gasteiger partial charge in [-0.1, -0.05) is 50.2 Å². The Balaban J connectivity index is 1.40. The topological polar surface area (TPSA) is 168 Å². The van der Waals surface area contributed by atoms with Gasteiger partial charge >= 0.3 is 11.5 Å². The Morgan fingerprint density at radius 2 is 1.15 bits per heavy atom. The lowest BCUT2D eigenvalue weighted by Gasteiger charge is -2.39. The lowest BCUT2D eigenvalue weighted by atomic mass is 9.70. The van der Waals surface area contributed by atoms with Gasteiger partial charge in [0.15, 0.2) is 0 Å². The van der Waals surface area contributed by atoms with Crippen molar-refractivity contribution in [2.45, 2.75) is 51.4 Å². The molecule has 1 aliphatic rings. The highest BCUT2D eigenvalue weighted by Crippen LogP contribution is 2.46. The van der Waals surface area contributed by atoms with Crippen LogP contribution in [0.5, 0.6) is 0 Å². The minimum absolute atomic E-state index is 0.00220. The summed E-state index contributed by atoms with van der Waals surface area (Å²) in [4.78, 5) is 37.6. The summed E-state index contributed by atoms with van der Waals surface area (Å²) in [6, 6.07) is 25.0. The van der Waals surface area contributed by atoms with E-state index < -0.39 is 54.9 Å². The summed E-state index contributed by atoms with van der Waals surface area (Å²) in [6.45, 7) is 3.29. The Morgan fingerprint density at radius 1 is 0.704 bits per heavy atom. The molecule has 0 saturated carbocycles. The highest BCUT2D eigenvalue weighted by Gasteiger charge is 2.58. The van der Waals surface area contributed by atoms with Gasteiger partial charge in [-0.05, 0) is 95.7 Å². The fourth-order valence-electron chi connectivity index (χ4n) is 6.22. The maximum atomic E-state index is 14.8. The van der Waals surface area contributed by atoms with Gasteiger partial charge in [-0.3, -0.25) is 14.2 Å². The molecule has 1 saturated heterocycles. The number of hydrogen-bond donors (Lipinski definition) is 3. The van der Waals surface area contributed by atoms with Gasteiger partial charge in [0, 0.05) is 29.1 Å². The van der Waals surface area contributed by atoms with Crippen LogP contribution in [0.4, 0.5) is 35.3 Å². The molecule has 6 rings (SSSR count). The van der Waals surface area contributed by atoms with Crippen LogP contribution in [0.2, 0.25) is 0 Å². The SMILES string of the molecule is CC(c1ccnc(NS(=O)(=O)c2ccccc2)c1)C1(C(C)c2ccnc(NS(=O)(=O)c3ccccc3)c2)NC(=O)N(c2ccc(SC(F)(F)F)cc2)C1=O. The largest absolute Gasteiger partial charge is 0.446 e. The molecular weight excluding hydrogens is 766 g/mol. The van der Waals surface area contributed by atoms with E-state index in [9.17, 15) is 39.6 Å². The molecule has 54 heavy (non-hydrogen) atoms. The third-order valence-corrected chi connectivity index (χ3v) is 12.4. The number of aromatic nitrogens is 2. The van der Waals surface area contributed by atoms with Crippen molar-refractivity contribution in [3.8, 4) is 0 Å². The van der Waals surface area contributed by atoms with Crippen LogP contribution < -0.4 is 19.7 Å². The molecule has 2 unspecified atom stereocenters. The Morgan fingerprint density at radius 3 is 1.57 bits per heavy atom. The molecule has 2 aromatic heterocycles. The molecule has 18 heteroatoms. The first kappa shape index (κ1) is 38.3. The van der Waals surface area contributed by atoms with Crippen LogP contribution in [0.15, 0.2) is 136 Å². The quantitative estimate of drug-likeness (QED) is 0.0882. The number of carbonyl (C=O) groups is 2. The zero-order chi connectivity index (χ0) is 38.9. The first-order valence-electron chi connectivity index (χ1n) is 16.1. The Hall–Kier alpha value is -5.46. The van der Waals surface area contributed by atoms with E-state index in [0.717, 1.165) is 17.0 Å². The highest BCUT2D eigenvalue weighted by molar-refractivity contribution is 8.00. The van der Waals surface area contributed by atoms with Gasteiger partial charge in [-0.25, -0.2) is 36.5 Å². The predicted octanol–water partition coefficient (Wildman–Crippen LogP) is 7.09. The Kier molecular flexibility index (Phi) is 10.5. The number of carbonyl (C=O) groups excluding carboxylic acids is 2. The lowest BCUT2D eigenvalue weighted by molar-refractivity contribution is -0.123. The van der Waals surface area contributed by atoms with Gasteiger partial charge in [0.2, 0.25) is 0 Å². The number of benzene rings is 3. The predicted molar refractivity (Wildman–Crippen MR) is 197 cm³/mol. The Bertz CT molecular complexity index is 2280. The first-order valence-corrected chi connectivity index (χ1v) is 19.9. The molecule has 12 nitrogen and oxygen atoms in total. The fraction of sp³-hybridized carbons (Fsp3) is 0.167. The molecule has 5 aromatic rings. The molecule has 3 amide bonds. The van der Waals surface area contributed by atoms with E-state index >= 15 is 0 Å². The number of nitrogens with zero attached hydrogens (tertiary/aromatic N) is 3. The summed E-state index contributed by atoms with van der Waals surface area (Å²) in [7, 11) is -8.12. The molecule has 3 aromatic carbocycles. The zero-order valence-electron chi connectivity index (χ0n) is 28.4. The summed E-state index contributed by atoms with van der Waals surface area (Å²) >= 11 is -0.348. The van der Waals surface area contributed by atoms with Crippen LogP contribution in [0, 0.1) is 0 Å². The maximum Gasteiger partial charge on any atom is 0.446 e. The molecule has 2 atom stereocenters. The third-order valence-electron chi connectivity index (χ3n) is 8.92. The molecule has 3 N–H and O–H groups in total. The number of imide groups is 1. The molecule has 1 fully saturated rings. The standard InChI is InChI=1S/C36H31F3N6O6S3/c1-23(25-17-19-40-31(21-25)43-53(48,49)29-9-5-3-6-10-29)35(33(46)45(34(47)42-35)27-13-15-28(16-14-27)52-36(37,38)39)24(2)26-18-20-41-32(22-26)44-54(50,51)30-11-7-4-8-12-30/h3-24H,1-2H3,(H,40,43)(H,41,44)(H,42,47). The smallest absolute Gasteiger partial charge is 0.322 e. The molecule has 0 spiro atoms. The average molecular weight is 797 g/mol. The van der Waals surface area contributed by atoms with Crippen LogP contribution in [-0.2, 0) is 24.8 Å². The van der Waals surface area contributed by atoms with E-state index in [-0.39, 0.29) is 43.8 Å². The second-order valence-electron chi connectivity index (χ2n) is 12.2. The number of anilines is 3. The second-order valence-corrected chi connectivity index (χ2v) is 16.7. The monoisotopic (exact) mass is 796 g/mol. The third kappa shape index (κ3) is 7.90. The van der Waals surface area contributed by atoms with E-state index in [2.05, 4.69) is 24.7 Å². The normalized spacial score (nSPS) is 17.5. The summed E-state index contributed by atoms with van der Waals surface area (Å²) in [6.07, 6.45) is 2.68. The van der Waals surface area contributed by atoms with Crippen LogP contribution in [0.3, 0.4) is 0 Å².